The van der Waals surface area contributed by atoms with E-state index >= 15 is 0 Å². The third-order valence-electron chi connectivity index (χ3n) is 4.22. The molecule has 1 unspecified atom stereocenters. The fourth-order valence-electron chi connectivity index (χ4n) is 2.69. The number of hydrogen-bond acceptors (Lipinski definition) is 3. The van der Waals surface area contributed by atoms with Gasteiger partial charge in [0.2, 0.25) is 0 Å². The first-order valence-electron chi connectivity index (χ1n) is 9.41. The van der Waals surface area contributed by atoms with E-state index in [1.54, 1.807) is 6.92 Å². The number of aliphatic carboxylic acids is 1. The first kappa shape index (κ1) is 25.7. The molecule has 0 saturated carbocycles. The Bertz CT molecular complexity index is 924. The molecule has 4 nitrogen and oxygen atoms in total. The Hall–Kier alpha value is -0.580. The van der Waals surface area contributed by atoms with Gasteiger partial charge < -0.3 is 14.6 Å². The van der Waals surface area contributed by atoms with Crippen molar-refractivity contribution in [2.75, 3.05) is 13.2 Å². The molecular weight excluding hydrogens is 721 g/mol. The summed E-state index contributed by atoms with van der Waals surface area (Å²) in [7, 11) is 0. The number of hydrogen-bond donors (Lipinski definition) is 1. The Morgan fingerprint density at radius 2 is 2.17 bits per heavy atom. The van der Waals surface area contributed by atoms with Gasteiger partial charge in [0.1, 0.15) is 15.8 Å². The van der Waals surface area contributed by atoms with E-state index in [2.05, 4.69) is 97.8 Å². The SMILES string of the molecule is CCO[C@@H](Cc1ccc(OC/C=C(/C)C#CC2(I)C=CC=C(I)C2)c(I)c1)C(=O)O. The summed E-state index contributed by atoms with van der Waals surface area (Å²) in [6.07, 6.45) is 8.71. The minimum absolute atomic E-state index is 0.153. The number of allylic oxidation sites excluding steroid dienone is 5. The molecule has 160 valence electrons. The maximum atomic E-state index is 11.3. The quantitative estimate of drug-likeness (QED) is 0.199. The molecule has 1 aliphatic carbocycles. The number of halogens is 3. The Labute approximate surface area is 219 Å². The first-order valence-corrected chi connectivity index (χ1v) is 12.6. The monoisotopic (exact) mass is 744 g/mol. The van der Waals surface area contributed by atoms with Crippen LogP contribution in [0.15, 0.2) is 51.7 Å². The summed E-state index contributed by atoms with van der Waals surface area (Å²) in [6, 6.07) is 5.69. The zero-order valence-electron chi connectivity index (χ0n) is 16.8. The fraction of sp³-hybridized carbons (Fsp3) is 0.348. The molecule has 1 aromatic carbocycles. The maximum absolute atomic E-state index is 11.3. The fourth-order valence-corrected chi connectivity index (χ4v) is 5.71. The van der Waals surface area contributed by atoms with Gasteiger partial charge in [0.25, 0.3) is 0 Å². The van der Waals surface area contributed by atoms with E-state index in [0.29, 0.717) is 19.6 Å². The summed E-state index contributed by atoms with van der Waals surface area (Å²) >= 11 is 6.95. The second-order valence-electron chi connectivity index (χ2n) is 6.71. The van der Waals surface area contributed by atoms with Crippen LogP contribution in [0.4, 0.5) is 0 Å². The molecular formula is C23H23I3O4. The molecule has 0 spiro atoms. The number of alkyl halides is 1. The van der Waals surface area contributed by atoms with E-state index in [-0.39, 0.29) is 3.42 Å². The van der Waals surface area contributed by atoms with Gasteiger partial charge in [0.05, 0.1) is 3.57 Å². The average Bonchev–Trinajstić information content (AvgIpc) is 2.67. The van der Waals surface area contributed by atoms with Crippen molar-refractivity contribution in [1.82, 2.24) is 0 Å². The molecule has 0 fully saturated rings. The van der Waals surface area contributed by atoms with Crippen LogP contribution in [0.2, 0.25) is 0 Å². The van der Waals surface area contributed by atoms with E-state index < -0.39 is 12.1 Å². The lowest BCUT2D eigenvalue weighted by molar-refractivity contribution is -0.149. The maximum Gasteiger partial charge on any atom is 0.333 e. The molecule has 0 bridgehead atoms. The molecule has 1 aromatic rings. The van der Waals surface area contributed by atoms with Crippen LogP contribution in [-0.4, -0.2) is 33.8 Å². The Morgan fingerprint density at radius 1 is 1.40 bits per heavy atom. The number of rotatable bonds is 8. The Balaban J connectivity index is 1.95. The van der Waals surface area contributed by atoms with Crippen molar-refractivity contribution in [3.05, 3.63) is 60.8 Å². The van der Waals surface area contributed by atoms with Crippen molar-refractivity contribution in [3.8, 4) is 17.6 Å². The van der Waals surface area contributed by atoms with E-state index in [1.807, 2.05) is 31.2 Å². The van der Waals surface area contributed by atoms with Crippen LogP contribution in [0.3, 0.4) is 0 Å². The van der Waals surface area contributed by atoms with Crippen molar-refractivity contribution in [2.24, 2.45) is 0 Å². The molecule has 7 heteroatoms. The van der Waals surface area contributed by atoms with Gasteiger partial charge in [-0.1, -0.05) is 58.7 Å². The third kappa shape index (κ3) is 8.51. The van der Waals surface area contributed by atoms with Crippen molar-refractivity contribution >= 4 is 73.7 Å². The zero-order chi connectivity index (χ0) is 22.1. The van der Waals surface area contributed by atoms with Crippen LogP contribution in [0, 0.1) is 15.4 Å². The molecule has 0 saturated heterocycles. The number of carboxylic acid groups (broad SMARTS) is 1. The minimum atomic E-state index is -0.948. The highest BCUT2D eigenvalue weighted by molar-refractivity contribution is 14.1. The molecule has 0 heterocycles. The molecule has 1 aliphatic rings. The normalized spacial score (nSPS) is 19.5. The molecule has 0 amide bonds. The lowest BCUT2D eigenvalue weighted by Gasteiger charge is -2.19. The molecule has 0 aromatic heterocycles. The number of benzene rings is 1. The molecule has 0 aliphatic heterocycles. The van der Waals surface area contributed by atoms with Gasteiger partial charge in [-0.25, -0.2) is 4.79 Å². The lowest BCUT2D eigenvalue weighted by atomic mass is 10.0. The molecule has 2 rings (SSSR count). The largest absolute Gasteiger partial charge is 0.488 e. The van der Waals surface area contributed by atoms with Crippen LogP contribution in [0.1, 0.15) is 25.8 Å². The highest BCUT2D eigenvalue weighted by Gasteiger charge is 2.23. The first-order chi connectivity index (χ1) is 14.2. The standard InChI is InChI=1S/C23H23I3O4/c1-3-29-21(22(27)28)14-17-6-7-20(19(25)13-17)30-12-9-16(2)8-11-23(26)10-4-5-18(24)15-23/h4-7,9-10,13,21H,3,12,14-15H2,1-2H3,(H,27,28)/b16-9-/t21-,23?/m0/s1. The Kier molecular flexibility index (Phi) is 10.7. The van der Waals surface area contributed by atoms with Crippen molar-refractivity contribution in [1.29, 1.82) is 0 Å². The van der Waals surface area contributed by atoms with Gasteiger partial charge in [0, 0.05) is 19.4 Å². The number of carbonyl (C=O) groups is 1. The highest BCUT2D eigenvalue weighted by Crippen LogP contribution is 2.34. The highest BCUT2D eigenvalue weighted by atomic mass is 127. The summed E-state index contributed by atoms with van der Waals surface area (Å²) in [5.74, 6) is 6.41. The van der Waals surface area contributed by atoms with Gasteiger partial charge in [-0.3, -0.25) is 0 Å². The second kappa shape index (κ2) is 12.5. The van der Waals surface area contributed by atoms with E-state index in [1.165, 1.54) is 3.58 Å². The topological polar surface area (TPSA) is 55.8 Å². The summed E-state index contributed by atoms with van der Waals surface area (Å²) in [6.45, 7) is 4.57. The Morgan fingerprint density at radius 3 is 2.80 bits per heavy atom. The zero-order valence-corrected chi connectivity index (χ0v) is 23.2. The molecule has 0 radical (unpaired) electrons. The third-order valence-corrected chi connectivity index (χ3v) is 6.81. The average molecular weight is 744 g/mol. The van der Waals surface area contributed by atoms with Crippen LogP contribution in [-0.2, 0) is 16.0 Å². The van der Waals surface area contributed by atoms with E-state index in [9.17, 15) is 9.90 Å². The summed E-state index contributed by atoms with van der Waals surface area (Å²) in [5.41, 5.74) is 1.87. The number of ether oxygens (including phenoxy) is 2. The number of carboxylic acids is 1. The molecule has 30 heavy (non-hydrogen) atoms. The predicted octanol–water partition coefficient (Wildman–Crippen LogP) is 6.10. The minimum Gasteiger partial charge on any atom is -0.488 e. The van der Waals surface area contributed by atoms with Crippen molar-refractivity contribution < 1.29 is 19.4 Å². The van der Waals surface area contributed by atoms with Crippen molar-refractivity contribution in [3.63, 3.8) is 0 Å². The van der Waals surface area contributed by atoms with Gasteiger partial charge in [-0.05, 0) is 92.0 Å². The van der Waals surface area contributed by atoms with Crippen LogP contribution in [0.5, 0.6) is 5.75 Å². The predicted molar refractivity (Wildman–Crippen MR) is 146 cm³/mol. The van der Waals surface area contributed by atoms with E-state index in [4.69, 9.17) is 9.47 Å². The van der Waals surface area contributed by atoms with Crippen molar-refractivity contribution in [2.45, 2.75) is 36.2 Å². The van der Waals surface area contributed by atoms with Crippen LogP contribution >= 0.6 is 67.8 Å². The summed E-state index contributed by atoms with van der Waals surface area (Å²) in [4.78, 5) is 11.3. The van der Waals surface area contributed by atoms with Gasteiger partial charge in [-0.15, -0.1) is 0 Å². The smallest absolute Gasteiger partial charge is 0.333 e. The van der Waals surface area contributed by atoms with Gasteiger partial charge >= 0.3 is 5.97 Å². The second-order valence-corrected chi connectivity index (χ2v) is 11.2. The molecule has 1 N–H and O–H groups in total. The lowest BCUT2D eigenvalue weighted by Crippen LogP contribution is -2.26. The summed E-state index contributed by atoms with van der Waals surface area (Å²) in [5, 5.41) is 9.24. The summed E-state index contributed by atoms with van der Waals surface area (Å²) < 4.78 is 13.2. The van der Waals surface area contributed by atoms with Gasteiger partial charge in [-0.2, -0.15) is 0 Å². The van der Waals surface area contributed by atoms with Crippen LogP contribution in [0.25, 0.3) is 0 Å². The van der Waals surface area contributed by atoms with Crippen LogP contribution < -0.4 is 4.74 Å². The van der Waals surface area contributed by atoms with Gasteiger partial charge in [0.15, 0.2) is 6.10 Å². The molecule has 2 atom stereocenters. The van der Waals surface area contributed by atoms with E-state index in [0.717, 1.165) is 26.9 Å².